The Morgan fingerprint density at radius 3 is 2.20 bits per heavy atom. The van der Waals surface area contributed by atoms with Crippen molar-refractivity contribution in [2.45, 2.75) is 63.4 Å². The minimum absolute atomic E-state index is 0.391. The lowest BCUT2D eigenvalue weighted by molar-refractivity contribution is -0.185. The number of nitrogens with two attached hydrogens (primary N) is 1. The molecule has 3 N–H and O–H groups in total. The summed E-state index contributed by atoms with van der Waals surface area (Å²) in [6, 6.07) is 0. The second-order valence-corrected chi connectivity index (χ2v) is 6.72. The topological polar surface area (TPSA) is 82.8 Å². The van der Waals surface area contributed by atoms with Gasteiger partial charge in [0.1, 0.15) is 5.60 Å². The Labute approximate surface area is 120 Å². The van der Waals surface area contributed by atoms with Gasteiger partial charge in [0.15, 0.2) is 5.79 Å². The van der Waals surface area contributed by atoms with Gasteiger partial charge >= 0.3 is 6.09 Å². The van der Waals surface area contributed by atoms with E-state index in [1.54, 1.807) is 0 Å². The third-order valence-corrected chi connectivity index (χ3v) is 3.94. The van der Waals surface area contributed by atoms with Gasteiger partial charge < -0.3 is 25.3 Å². The molecule has 0 unspecified atom stereocenters. The second kappa shape index (κ2) is 5.50. The van der Waals surface area contributed by atoms with E-state index in [1.807, 2.05) is 20.8 Å². The molecule has 1 aliphatic carbocycles. The third kappa shape index (κ3) is 3.62. The Balaban J connectivity index is 1.93. The second-order valence-electron chi connectivity index (χ2n) is 6.72. The van der Waals surface area contributed by atoms with Crippen molar-refractivity contribution in [3.8, 4) is 0 Å². The third-order valence-electron chi connectivity index (χ3n) is 3.94. The van der Waals surface area contributed by atoms with Gasteiger partial charge in [0.2, 0.25) is 0 Å². The van der Waals surface area contributed by atoms with E-state index >= 15 is 0 Å². The summed E-state index contributed by atoms with van der Waals surface area (Å²) in [5, 5.41) is 2.95. The van der Waals surface area contributed by atoms with Gasteiger partial charge in [-0.2, -0.15) is 0 Å². The molecule has 20 heavy (non-hydrogen) atoms. The fraction of sp³-hybridized carbons (Fsp3) is 0.929. The van der Waals surface area contributed by atoms with Gasteiger partial charge in [-0.25, -0.2) is 4.79 Å². The number of hydrogen-bond acceptors (Lipinski definition) is 5. The largest absolute Gasteiger partial charge is 0.444 e. The molecule has 116 valence electrons. The average Bonchev–Trinajstić information content (AvgIpc) is 2.79. The fourth-order valence-corrected chi connectivity index (χ4v) is 2.80. The number of carbonyl (C=O) groups excluding carboxylic acids is 1. The minimum Gasteiger partial charge on any atom is -0.444 e. The number of amides is 1. The zero-order valence-electron chi connectivity index (χ0n) is 12.7. The first kappa shape index (κ1) is 15.5. The van der Waals surface area contributed by atoms with E-state index in [0.29, 0.717) is 19.8 Å². The Morgan fingerprint density at radius 2 is 1.75 bits per heavy atom. The van der Waals surface area contributed by atoms with Crippen LogP contribution in [0.2, 0.25) is 0 Å². The Kier molecular flexibility index (Phi) is 4.27. The summed E-state index contributed by atoms with van der Waals surface area (Å²) < 4.78 is 16.7. The molecular weight excluding hydrogens is 260 g/mol. The van der Waals surface area contributed by atoms with Crippen molar-refractivity contribution in [3.05, 3.63) is 0 Å². The van der Waals surface area contributed by atoms with Crippen LogP contribution in [0.25, 0.3) is 0 Å². The van der Waals surface area contributed by atoms with Gasteiger partial charge in [0, 0.05) is 19.4 Å². The lowest BCUT2D eigenvalue weighted by Crippen LogP contribution is -2.58. The normalized spacial score (nSPS) is 24.6. The molecule has 2 aliphatic rings. The number of nitrogens with one attached hydrogen (secondary N) is 1. The molecule has 0 atom stereocenters. The Hall–Kier alpha value is -0.850. The molecule has 0 aromatic rings. The molecule has 1 spiro atoms. The van der Waals surface area contributed by atoms with Gasteiger partial charge in [-0.15, -0.1) is 0 Å². The van der Waals surface area contributed by atoms with Crippen LogP contribution in [0.1, 0.15) is 46.5 Å². The molecule has 1 aliphatic heterocycles. The van der Waals surface area contributed by atoms with E-state index in [1.165, 1.54) is 0 Å². The lowest BCUT2D eigenvalue weighted by Gasteiger charge is -2.43. The standard InChI is InChI=1S/C14H26N2O4/c1-12(2,3)20-11(17)16-13(10-15)4-6-14(7-5-13)18-8-9-19-14/h4-10,15H2,1-3H3,(H,16,17). The van der Waals surface area contributed by atoms with E-state index in [-0.39, 0.29) is 0 Å². The van der Waals surface area contributed by atoms with E-state index in [4.69, 9.17) is 19.9 Å². The SMILES string of the molecule is CC(C)(C)OC(=O)NC1(CN)CCC2(CC1)OCCO2. The van der Waals surface area contributed by atoms with Crippen LogP contribution >= 0.6 is 0 Å². The zero-order chi connectivity index (χ0) is 14.9. The highest BCUT2D eigenvalue weighted by Gasteiger charge is 2.46. The molecule has 6 heteroatoms. The first-order chi connectivity index (χ1) is 9.28. The average molecular weight is 286 g/mol. The molecule has 1 heterocycles. The van der Waals surface area contributed by atoms with Crippen LogP contribution in [-0.2, 0) is 14.2 Å². The predicted octanol–water partition coefficient (Wildman–Crippen LogP) is 1.53. The summed E-state index contributed by atoms with van der Waals surface area (Å²) in [4.78, 5) is 12.0. The van der Waals surface area contributed by atoms with Crippen molar-refractivity contribution in [1.82, 2.24) is 5.32 Å². The van der Waals surface area contributed by atoms with E-state index in [9.17, 15) is 4.79 Å². The molecule has 0 aromatic carbocycles. The van der Waals surface area contributed by atoms with E-state index in [2.05, 4.69) is 5.32 Å². The van der Waals surface area contributed by atoms with Gasteiger partial charge in [0.25, 0.3) is 0 Å². The summed E-state index contributed by atoms with van der Waals surface area (Å²) >= 11 is 0. The van der Waals surface area contributed by atoms with Crippen molar-refractivity contribution in [1.29, 1.82) is 0 Å². The monoisotopic (exact) mass is 286 g/mol. The minimum atomic E-state index is -0.507. The number of ether oxygens (including phenoxy) is 3. The lowest BCUT2D eigenvalue weighted by atomic mass is 9.78. The van der Waals surface area contributed by atoms with E-state index in [0.717, 1.165) is 25.7 Å². The zero-order valence-corrected chi connectivity index (χ0v) is 12.7. The molecule has 2 rings (SSSR count). The smallest absolute Gasteiger partial charge is 0.408 e. The summed E-state index contributed by atoms with van der Waals surface area (Å²) in [5.41, 5.74) is 4.97. The maximum atomic E-state index is 12.0. The van der Waals surface area contributed by atoms with E-state index < -0.39 is 23.0 Å². The molecule has 0 radical (unpaired) electrons. The highest BCUT2D eigenvalue weighted by atomic mass is 16.7. The van der Waals surface area contributed by atoms with Crippen LogP contribution in [0.3, 0.4) is 0 Å². The van der Waals surface area contributed by atoms with Crippen LogP contribution in [-0.4, -0.2) is 42.8 Å². The van der Waals surface area contributed by atoms with Crippen LogP contribution in [0, 0.1) is 0 Å². The molecule has 1 saturated heterocycles. The van der Waals surface area contributed by atoms with Crippen LogP contribution in [0.4, 0.5) is 4.79 Å². The summed E-state index contributed by atoms with van der Waals surface area (Å²) in [5.74, 6) is -0.450. The van der Waals surface area contributed by atoms with Gasteiger partial charge in [-0.1, -0.05) is 0 Å². The van der Waals surface area contributed by atoms with Gasteiger partial charge in [-0.3, -0.25) is 0 Å². The van der Waals surface area contributed by atoms with Crippen LogP contribution in [0.15, 0.2) is 0 Å². The van der Waals surface area contributed by atoms with Crippen molar-refractivity contribution in [2.24, 2.45) is 5.73 Å². The first-order valence-electron chi connectivity index (χ1n) is 7.27. The number of hydrogen-bond donors (Lipinski definition) is 2. The Bertz CT molecular complexity index is 349. The van der Waals surface area contributed by atoms with Gasteiger partial charge in [-0.05, 0) is 33.6 Å². The van der Waals surface area contributed by atoms with Crippen molar-refractivity contribution in [2.75, 3.05) is 19.8 Å². The molecular formula is C14H26N2O4. The number of alkyl carbamates (subject to hydrolysis) is 1. The summed E-state index contributed by atoms with van der Waals surface area (Å²) in [6.07, 6.45) is 2.57. The maximum Gasteiger partial charge on any atom is 0.408 e. The number of carbonyl (C=O) groups is 1. The molecule has 6 nitrogen and oxygen atoms in total. The molecule has 1 saturated carbocycles. The Morgan fingerprint density at radius 1 is 1.20 bits per heavy atom. The van der Waals surface area contributed by atoms with Crippen molar-refractivity contribution in [3.63, 3.8) is 0 Å². The van der Waals surface area contributed by atoms with Crippen molar-refractivity contribution >= 4 is 6.09 Å². The highest BCUT2D eigenvalue weighted by molar-refractivity contribution is 5.68. The fourth-order valence-electron chi connectivity index (χ4n) is 2.80. The maximum absolute atomic E-state index is 12.0. The highest BCUT2D eigenvalue weighted by Crippen LogP contribution is 2.39. The quantitative estimate of drug-likeness (QED) is 0.804. The number of rotatable bonds is 2. The van der Waals surface area contributed by atoms with Crippen LogP contribution < -0.4 is 11.1 Å². The molecule has 2 fully saturated rings. The van der Waals surface area contributed by atoms with Gasteiger partial charge in [0.05, 0.1) is 18.8 Å². The molecule has 0 bridgehead atoms. The van der Waals surface area contributed by atoms with Crippen molar-refractivity contribution < 1.29 is 19.0 Å². The first-order valence-corrected chi connectivity index (χ1v) is 7.27. The van der Waals surface area contributed by atoms with Crippen LogP contribution in [0.5, 0.6) is 0 Å². The predicted molar refractivity (Wildman–Crippen MR) is 74.3 cm³/mol. The molecule has 0 aromatic heterocycles. The summed E-state index contributed by atoms with van der Waals surface area (Å²) in [6.45, 7) is 7.22. The molecule has 1 amide bonds. The summed E-state index contributed by atoms with van der Waals surface area (Å²) in [7, 11) is 0.